The summed E-state index contributed by atoms with van der Waals surface area (Å²) in [4.78, 5) is 48.2. The van der Waals surface area contributed by atoms with Crippen LogP contribution in [0.1, 0.15) is 55.0 Å². The summed E-state index contributed by atoms with van der Waals surface area (Å²) in [6, 6.07) is 8.25. The van der Waals surface area contributed by atoms with Crippen molar-refractivity contribution in [3.63, 3.8) is 0 Å². The van der Waals surface area contributed by atoms with Crippen LogP contribution in [0.3, 0.4) is 0 Å². The molecule has 3 heterocycles. The van der Waals surface area contributed by atoms with Crippen LogP contribution in [0.15, 0.2) is 53.5 Å². The molecule has 1 atom stereocenters. The SMILES string of the molecule is CN(C)CCC(NC(=O)NCc1ccccn1)c1ccc(C(=O)Nc2cscc2NC(=O)OC(C)(C)C)nc1. The molecule has 0 saturated carbocycles. The first-order valence-corrected chi connectivity index (χ1v) is 13.4. The summed E-state index contributed by atoms with van der Waals surface area (Å²) < 4.78 is 5.28. The minimum atomic E-state index is -0.645. The van der Waals surface area contributed by atoms with Crippen molar-refractivity contribution in [2.24, 2.45) is 0 Å². The van der Waals surface area contributed by atoms with Gasteiger partial charge in [0.15, 0.2) is 0 Å². The van der Waals surface area contributed by atoms with Crippen molar-refractivity contribution in [1.29, 1.82) is 0 Å². The lowest BCUT2D eigenvalue weighted by Crippen LogP contribution is -2.38. The van der Waals surface area contributed by atoms with Crippen LogP contribution in [0.25, 0.3) is 0 Å². The van der Waals surface area contributed by atoms with Gasteiger partial charge < -0.3 is 25.6 Å². The van der Waals surface area contributed by atoms with Gasteiger partial charge in [-0.2, -0.15) is 0 Å². The van der Waals surface area contributed by atoms with E-state index in [4.69, 9.17) is 4.74 Å². The van der Waals surface area contributed by atoms with Crippen LogP contribution in [0.5, 0.6) is 0 Å². The molecule has 1 unspecified atom stereocenters. The fourth-order valence-electron chi connectivity index (χ4n) is 3.43. The molecule has 3 aromatic heterocycles. The monoisotopic (exact) mass is 553 g/mol. The second-order valence-electron chi connectivity index (χ2n) is 10.0. The van der Waals surface area contributed by atoms with Gasteiger partial charge in [0, 0.05) is 23.2 Å². The predicted octanol–water partition coefficient (Wildman–Crippen LogP) is 4.63. The minimum Gasteiger partial charge on any atom is -0.444 e. The van der Waals surface area contributed by atoms with Gasteiger partial charge in [0.1, 0.15) is 11.3 Å². The zero-order valence-electron chi connectivity index (χ0n) is 22.8. The molecule has 4 N–H and O–H groups in total. The number of urea groups is 1. The first-order chi connectivity index (χ1) is 18.5. The normalized spacial score (nSPS) is 11.9. The van der Waals surface area contributed by atoms with Crippen LogP contribution in [-0.2, 0) is 11.3 Å². The lowest BCUT2D eigenvalue weighted by atomic mass is 10.1. The van der Waals surface area contributed by atoms with Gasteiger partial charge in [0.05, 0.1) is 29.7 Å². The summed E-state index contributed by atoms with van der Waals surface area (Å²) in [5.74, 6) is -0.432. The van der Waals surface area contributed by atoms with E-state index in [-0.39, 0.29) is 17.8 Å². The average molecular weight is 554 g/mol. The number of carbonyl (C=O) groups excluding carboxylic acids is 3. The number of nitrogens with zero attached hydrogens (tertiary/aromatic N) is 3. The van der Waals surface area contributed by atoms with Gasteiger partial charge in [-0.25, -0.2) is 9.59 Å². The van der Waals surface area contributed by atoms with E-state index in [9.17, 15) is 14.4 Å². The number of hydrogen-bond acceptors (Lipinski definition) is 8. The van der Waals surface area contributed by atoms with Crippen molar-refractivity contribution in [2.75, 3.05) is 31.3 Å². The Hall–Kier alpha value is -4.03. The first kappa shape index (κ1) is 29.5. The van der Waals surface area contributed by atoms with Crippen LogP contribution in [0, 0.1) is 0 Å². The number of carbonyl (C=O) groups is 3. The standard InChI is InChI=1S/C27H35N7O4S/c1-27(2,3)38-26(37)33-23-17-39-16-22(23)31-24(35)21-10-9-18(14-29-21)20(11-13-34(4)5)32-25(36)30-15-19-8-6-7-12-28-19/h6-10,12,14,16-17,20H,11,13,15H2,1-5H3,(H,31,35)(H,33,37)(H2,30,32,36). The van der Waals surface area contributed by atoms with Crippen LogP contribution < -0.4 is 21.3 Å². The molecule has 3 aromatic rings. The average Bonchev–Trinajstić information content (AvgIpc) is 3.30. The van der Waals surface area contributed by atoms with Crippen molar-refractivity contribution in [2.45, 2.75) is 45.4 Å². The van der Waals surface area contributed by atoms with Crippen LogP contribution in [0.4, 0.5) is 21.0 Å². The molecule has 0 bridgehead atoms. The summed E-state index contributed by atoms with van der Waals surface area (Å²) >= 11 is 1.33. The summed E-state index contributed by atoms with van der Waals surface area (Å²) in [6.07, 6.45) is 3.29. The second-order valence-corrected chi connectivity index (χ2v) is 10.8. The molecule has 0 radical (unpaired) electrons. The van der Waals surface area contributed by atoms with Crippen molar-refractivity contribution >= 4 is 40.7 Å². The lowest BCUT2D eigenvalue weighted by molar-refractivity contribution is 0.0635. The van der Waals surface area contributed by atoms with E-state index >= 15 is 0 Å². The Labute approximate surface area is 232 Å². The number of aromatic nitrogens is 2. The Balaban J connectivity index is 1.63. The van der Waals surface area contributed by atoms with E-state index < -0.39 is 17.6 Å². The third-order valence-electron chi connectivity index (χ3n) is 5.29. The van der Waals surface area contributed by atoms with Gasteiger partial charge in [-0.3, -0.25) is 20.1 Å². The smallest absolute Gasteiger partial charge is 0.412 e. The Kier molecular flexibility index (Phi) is 10.4. The van der Waals surface area contributed by atoms with Gasteiger partial charge in [-0.15, -0.1) is 11.3 Å². The number of amides is 4. The molecule has 0 aromatic carbocycles. The van der Waals surface area contributed by atoms with Gasteiger partial charge in [-0.1, -0.05) is 12.1 Å². The summed E-state index contributed by atoms with van der Waals surface area (Å²) in [7, 11) is 3.92. The van der Waals surface area contributed by atoms with Crippen LogP contribution in [0.2, 0.25) is 0 Å². The highest BCUT2D eigenvalue weighted by Gasteiger charge is 2.20. The maximum atomic E-state index is 12.9. The molecule has 208 valence electrons. The van der Waals surface area contributed by atoms with E-state index in [1.165, 1.54) is 11.3 Å². The molecule has 0 aliphatic rings. The van der Waals surface area contributed by atoms with Crippen LogP contribution in [-0.4, -0.2) is 59.1 Å². The number of pyridine rings is 2. The van der Waals surface area contributed by atoms with Crippen molar-refractivity contribution in [3.8, 4) is 0 Å². The van der Waals surface area contributed by atoms with E-state index in [1.807, 2.05) is 37.2 Å². The molecule has 0 spiro atoms. The molecule has 4 amide bonds. The minimum absolute atomic E-state index is 0.194. The van der Waals surface area contributed by atoms with Gasteiger partial charge >= 0.3 is 12.1 Å². The van der Waals surface area contributed by atoms with Gasteiger partial charge in [0.2, 0.25) is 0 Å². The number of rotatable bonds is 10. The molecule has 39 heavy (non-hydrogen) atoms. The molecular formula is C27H35N7O4S. The Morgan fingerprint density at radius 3 is 2.38 bits per heavy atom. The van der Waals surface area contributed by atoms with E-state index in [0.29, 0.717) is 24.3 Å². The van der Waals surface area contributed by atoms with Crippen molar-refractivity contribution < 1.29 is 19.1 Å². The molecule has 0 aliphatic heterocycles. The van der Waals surface area contributed by atoms with E-state index in [0.717, 1.165) is 17.8 Å². The molecule has 0 saturated heterocycles. The highest BCUT2D eigenvalue weighted by atomic mass is 32.1. The highest BCUT2D eigenvalue weighted by Crippen LogP contribution is 2.28. The zero-order chi connectivity index (χ0) is 28.4. The Morgan fingerprint density at radius 1 is 1.03 bits per heavy atom. The number of anilines is 2. The van der Waals surface area contributed by atoms with Crippen molar-refractivity contribution in [3.05, 3.63) is 70.4 Å². The molecule has 12 heteroatoms. The Bertz CT molecular complexity index is 1240. The maximum Gasteiger partial charge on any atom is 0.412 e. The summed E-state index contributed by atoms with van der Waals surface area (Å²) in [5.41, 5.74) is 1.95. The fraction of sp³-hybridized carbons (Fsp3) is 0.370. The summed E-state index contributed by atoms with van der Waals surface area (Å²) in [5, 5.41) is 14.7. The van der Waals surface area contributed by atoms with E-state index in [2.05, 4.69) is 31.2 Å². The highest BCUT2D eigenvalue weighted by molar-refractivity contribution is 7.09. The third-order valence-corrected chi connectivity index (χ3v) is 6.04. The molecule has 11 nitrogen and oxygen atoms in total. The quantitative estimate of drug-likeness (QED) is 0.287. The fourth-order valence-corrected chi connectivity index (χ4v) is 4.14. The maximum absolute atomic E-state index is 12.9. The molecule has 0 fully saturated rings. The molecule has 3 rings (SSSR count). The topological polar surface area (TPSA) is 138 Å². The largest absolute Gasteiger partial charge is 0.444 e. The number of thiophene rings is 1. The summed E-state index contributed by atoms with van der Waals surface area (Å²) in [6.45, 7) is 6.35. The number of ether oxygens (including phenoxy) is 1. The number of nitrogens with one attached hydrogen (secondary N) is 4. The third kappa shape index (κ3) is 9.98. The zero-order valence-corrected chi connectivity index (χ0v) is 23.6. The second kappa shape index (κ2) is 13.7. The predicted molar refractivity (Wildman–Crippen MR) is 152 cm³/mol. The molecular weight excluding hydrogens is 518 g/mol. The van der Waals surface area contributed by atoms with Crippen molar-refractivity contribution in [1.82, 2.24) is 25.5 Å². The van der Waals surface area contributed by atoms with Crippen LogP contribution >= 0.6 is 11.3 Å². The Morgan fingerprint density at radius 2 is 1.77 bits per heavy atom. The lowest BCUT2D eigenvalue weighted by Gasteiger charge is -2.21. The first-order valence-electron chi connectivity index (χ1n) is 12.4. The van der Waals surface area contributed by atoms with Gasteiger partial charge in [-0.05, 0) is 71.6 Å². The van der Waals surface area contributed by atoms with Gasteiger partial charge in [0.25, 0.3) is 5.91 Å². The molecule has 0 aliphatic carbocycles. The number of hydrogen-bond donors (Lipinski definition) is 4. The van der Waals surface area contributed by atoms with E-state index in [1.54, 1.807) is 56.1 Å².